The van der Waals surface area contributed by atoms with Crippen molar-refractivity contribution in [3.05, 3.63) is 47.7 Å². The molecule has 1 amide bonds. The monoisotopic (exact) mass is 397 g/mol. The molecule has 2 saturated heterocycles. The number of likely N-dealkylation sites (tertiary alicyclic amines) is 1. The molecule has 3 aliphatic heterocycles. The zero-order valence-electron chi connectivity index (χ0n) is 16.1. The van der Waals surface area contributed by atoms with Crippen LogP contribution in [-0.4, -0.2) is 54.7 Å². The van der Waals surface area contributed by atoms with E-state index in [-0.39, 0.29) is 12.7 Å². The van der Waals surface area contributed by atoms with Gasteiger partial charge in [-0.25, -0.2) is 4.98 Å². The fourth-order valence-corrected chi connectivity index (χ4v) is 3.89. The predicted octanol–water partition coefficient (Wildman–Crippen LogP) is 2.40. The first-order chi connectivity index (χ1) is 14.2. The highest BCUT2D eigenvalue weighted by atomic mass is 16.7. The average molecular weight is 397 g/mol. The van der Waals surface area contributed by atoms with E-state index in [0.717, 1.165) is 17.1 Å². The van der Waals surface area contributed by atoms with Crippen LogP contribution in [0.4, 0.5) is 5.82 Å². The lowest BCUT2D eigenvalue weighted by atomic mass is 10.0. The number of rotatable bonds is 4. The Bertz CT molecular complexity index is 886. The third-order valence-corrected chi connectivity index (χ3v) is 5.55. The fourth-order valence-electron chi connectivity index (χ4n) is 3.89. The van der Waals surface area contributed by atoms with Crippen LogP contribution in [0.1, 0.15) is 28.8 Å². The minimum Gasteiger partial charge on any atom is -0.454 e. The minimum absolute atomic E-state index is 0.00679. The molecule has 1 aromatic heterocycles. The van der Waals surface area contributed by atoms with Crippen molar-refractivity contribution in [1.82, 2.24) is 9.88 Å². The SMILES string of the molecule is O=C(c1ccc(NCc2ccc3c(c2)OCO3)nc1)N1CCC2(CC1)OCCO2. The zero-order chi connectivity index (χ0) is 19.7. The molecule has 3 aliphatic rings. The first kappa shape index (κ1) is 18.2. The van der Waals surface area contributed by atoms with Gasteiger partial charge in [-0.05, 0) is 29.8 Å². The Morgan fingerprint density at radius 3 is 2.62 bits per heavy atom. The van der Waals surface area contributed by atoms with E-state index in [2.05, 4.69) is 10.3 Å². The number of hydrogen-bond acceptors (Lipinski definition) is 7. The normalized spacial score (nSPS) is 19.5. The summed E-state index contributed by atoms with van der Waals surface area (Å²) in [7, 11) is 0. The number of pyridine rings is 1. The summed E-state index contributed by atoms with van der Waals surface area (Å²) in [5.74, 6) is 1.76. The van der Waals surface area contributed by atoms with E-state index in [4.69, 9.17) is 18.9 Å². The van der Waals surface area contributed by atoms with Crippen molar-refractivity contribution in [2.24, 2.45) is 0 Å². The number of amides is 1. The van der Waals surface area contributed by atoms with Gasteiger partial charge in [0.1, 0.15) is 5.82 Å². The highest BCUT2D eigenvalue weighted by molar-refractivity contribution is 5.94. The second-order valence-electron chi connectivity index (χ2n) is 7.37. The van der Waals surface area contributed by atoms with Gasteiger partial charge in [0.25, 0.3) is 5.91 Å². The minimum atomic E-state index is -0.475. The first-order valence-corrected chi connectivity index (χ1v) is 9.86. The summed E-state index contributed by atoms with van der Waals surface area (Å²) >= 11 is 0. The molecule has 0 aliphatic carbocycles. The highest BCUT2D eigenvalue weighted by Crippen LogP contribution is 2.33. The van der Waals surface area contributed by atoms with Crippen LogP contribution in [0.2, 0.25) is 0 Å². The van der Waals surface area contributed by atoms with E-state index < -0.39 is 5.79 Å². The molecule has 1 aromatic carbocycles. The molecule has 0 bridgehead atoms. The van der Waals surface area contributed by atoms with Crippen LogP contribution >= 0.6 is 0 Å². The van der Waals surface area contributed by atoms with E-state index in [9.17, 15) is 4.79 Å². The van der Waals surface area contributed by atoms with Crippen molar-refractivity contribution >= 4 is 11.7 Å². The van der Waals surface area contributed by atoms with Gasteiger partial charge in [-0.1, -0.05) is 6.07 Å². The molecule has 0 atom stereocenters. The van der Waals surface area contributed by atoms with Gasteiger partial charge in [0.15, 0.2) is 17.3 Å². The maximum Gasteiger partial charge on any atom is 0.255 e. The van der Waals surface area contributed by atoms with Gasteiger partial charge in [0.05, 0.1) is 18.8 Å². The summed E-state index contributed by atoms with van der Waals surface area (Å²) in [5.41, 5.74) is 1.65. The number of ether oxygens (including phenoxy) is 4. The largest absolute Gasteiger partial charge is 0.454 e. The molecule has 29 heavy (non-hydrogen) atoms. The van der Waals surface area contributed by atoms with Crippen LogP contribution < -0.4 is 14.8 Å². The van der Waals surface area contributed by atoms with Gasteiger partial charge in [0.2, 0.25) is 6.79 Å². The summed E-state index contributed by atoms with van der Waals surface area (Å²) in [6, 6.07) is 9.48. The lowest BCUT2D eigenvalue weighted by Gasteiger charge is -2.37. The van der Waals surface area contributed by atoms with Crippen LogP contribution in [0.15, 0.2) is 36.5 Å². The molecule has 1 spiro atoms. The standard InChI is InChI=1S/C21H23N3O5/c25-20(24-7-5-21(6-8-24)28-9-10-29-21)16-2-4-19(23-13-16)22-12-15-1-3-17-18(11-15)27-14-26-17/h1-4,11,13H,5-10,12,14H2,(H,22,23). The molecule has 2 aromatic rings. The van der Waals surface area contributed by atoms with E-state index in [0.29, 0.717) is 57.1 Å². The van der Waals surface area contributed by atoms with Gasteiger partial charge in [-0.2, -0.15) is 0 Å². The van der Waals surface area contributed by atoms with Gasteiger partial charge in [0, 0.05) is 38.7 Å². The van der Waals surface area contributed by atoms with Gasteiger partial charge in [-0.15, -0.1) is 0 Å². The Kier molecular flexibility index (Phi) is 4.73. The van der Waals surface area contributed by atoms with Crippen molar-refractivity contribution < 1.29 is 23.7 Å². The molecule has 5 rings (SSSR count). The molecule has 2 fully saturated rings. The van der Waals surface area contributed by atoms with Crippen LogP contribution in [0.5, 0.6) is 11.5 Å². The van der Waals surface area contributed by atoms with E-state index in [1.165, 1.54) is 0 Å². The topological polar surface area (TPSA) is 82.2 Å². The molecule has 0 radical (unpaired) electrons. The smallest absolute Gasteiger partial charge is 0.255 e. The van der Waals surface area contributed by atoms with E-state index >= 15 is 0 Å². The van der Waals surface area contributed by atoms with Crippen LogP contribution in [-0.2, 0) is 16.0 Å². The highest BCUT2D eigenvalue weighted by Gasteiger charge is 2.40. The first-order valence-electron chi connectivity index (χ1n) is 9.86. The summed E-state index contributed by atoms with van der Waals surface area (Å²) < 4.78 is 22.2. The predicted molar refractivity (Wildman–Crippen MR) is 104 cm³/mol. The molecule has 0 saturated carbocycles. The van der Waals surface area contributed by atoms with E-state index in [1.807, 2.05) is 35.2 Å². The molecule has 8 heteroatoms. The molecule has 0 unspecified atom stereocenters. The number of aromatic nitrogens is 1. The Hall–Kier alpha value is -2.84. The number of hydrogen-bond donors (Lipinski definition) is 1. The van der Waals surface area contributed by atoms with Crippen LogP contribution in [0.25, 0.3) is 0 Å². The van der Waals surface area contributed by atoms with Crippen molar-refractivity contribution in [2.45, 2.75) is 25.2 Å². The second-order valence-corrected chi connectivity index (χ2v) is 7.37. The van der Waals surface area contributed by atoms with Gasteiger partial charge >= 0.3 is 0 Å². The van der Waals surface area contributed by atoms with Crippen molar-refractivity contribution in [3.63, 3.8) is 0 Å². The molecule has 8 nitrogen and oxygen atoms in total. The molecule has 152 valence electrons. The fraction of sp³-hybridized carbons (Fsp3) is 0.429. The molecular formula is C21H23N3O5. The molecule has 4 heterocycles. The lowest BCUT2D eigenvalue weighted by molar-refractivity contribution is -0.181. The Morgan fingerprint density at radius 2 is 1.86 bits per heavy atom. The summed E-state index contributed by atoms with van der Waals surface area (Å²) in [6.45, 7) is 3.40. The van der Waals surface area contributed by atoms with Crippen LogP contribution in [0, 0.1) is 0 Å². The van der Waals surface area contributed by atoms with Gasteiger partial charge < -0.3 is 29.2 Å². The third-order valence-electron chi connectivity index (χ3n) is 5.55. The average Bonchev–Trinajstić information content (AvgIpc) is 3.42. The Morgan fingerprint density at radius 1 is 1.07 bits per heavy atom. The number of piperidine rings is 1. The maximum absolute atomic E-state index is 12.8. The van der Waals surface area contributed by atoms with Crippen molar-refractivity contribution in [2.75, 3.05) is 38.4 Å². The number of carbonyl (C=O) groups is 1. The second kappa shape index (κ2) is 7.53. The molecular weight excluding hydrogens is 374 g/mol. The van der Waals surface area contributed by atoms with E-state index in [1.54, 1.807) is 6.20 Å². The van der Waals surface area contributed by atoms with Crippen molar-refractivity contribution in [1.29, 1.82) is 0 Å². The summed E-state index contributed by atoms with van der Waals surface area (Å²) in [4.78, 5) is 19.0. The summed E-state index contributed by atoms with van der Waals surface area (Å²) in [6.07, 6.45) is 3.04. The number of anilines is 1. The number of fused-ring (bicyclic) bond motifs is 1. The number of nitrogens with zero attached hydrogens (tertiary/aromatic N) is 2. The number of carbonyl (C=O) groups excluding carboxylic acids is 1. The van der Waals surface area contributed by atoms with Crippen molar-refractivity contribution in [3.8, 4) is 11.5 Å². The number of nitrogens with one attached hydrogen (secondary N) is 1. The summed E-state index contributed by atoms with van der Waals surface area (Å²) in [5, 5.41) is 3.27. The Balaban J connectivity index is 1.16. The van der Waals surface area contributed by atoms with Gasteiger partial charge in [-0.3, -0.25) is 4.79 Å². The molecule has 1 N–H and O–H groups in total. The third kappa shape index (κ3) is 3.73. The quantitative estimate of drug-likeness (QED) is 0.848. The van der Waals surface area contributed by atoms with Crippen LogP contribution in [0.3, 0.4) is 0 Å². The number of benzene rings is 1. The lowest BCUT2D eigenvalue weighted by Crippen LogP contribution is -2.47. The Labute approximate surface area is 168 Å². The maximum atomic E-state index is 12.8. The zero-order valence-corrected chi connectivity index (χ0v) is 16.1.